The third kappa shape index (κ3) is 5.43. The molecule has 0 amide bonds. The van der Waals surface area contributed by atoms with E-state index in [4.69, 9.17) is 40.0 Å². The number of aromatic nitrogens is 1. The summed E-state index contributed by atoms with van der Waals surface area (Å²) in [7, 11) is -4.67. The van der Waals surface area contributed by atoms with Crippen LogP contribution in [0, 0.1) is 5.82 Å². The van der Waals surface area contributed by atoms with Crippen LogP contribution in [0.1, 0.15) is 25.3 Å². The summed E-state index contributed by atoms with van der Waals surface area (Å²) in [6, 6.07) is 1.13. The van der Waals surface area contributed by atoms with Gasteiger partial charge in [-0.2, -0.15) is 8.42 Å². The third-order valence-corrected chi connectivity index (χ3v) is 5.19. The summed E-state index contributed by atoms with van der Waals surface area (Å²) < 4.78 is 52.7. The first-order chi connectivity index (χ1) is 14.4. The van der Waals surface area contributed by atoms with Crippen molar-refractivity contribution in [2.45, 2.75) is 31.3 Å². The minimum absolute atomic E-state index is 0.00500. The molecule has 2 aromatic rings. The molecule has 1 aromatic carbocycles. The molecule has 31 heavy (non-hydrogen) atoms. The van der Waals surface area contributed by atoms with Gasteiger partial charge in [0, 0.05) is 25.2 Å². The van der Waals surface area contributed by atoms with E-state index in [1.54, 1.807) is 9.47 Å². The lowest BCUT2D eigenvalue weighted by atomic mass is 10.1. The molecule has 1 aliphatic heterocycles. The number of rotatable bonds is 3. The fraction of sp³-hybridized carbons (Fsp3) is 0.412. The molecule has 4 rings (SSSR count). The minimum atomic E-state index is -4.67. The Balaban J connectivity index is 0.000000491. The molecule has 1 aliphatic carbocycles. The molecule has 1 saturated heterocycles. The van der Waals surface area contributed by atoms with Crippen molar-refractivity contribution in [1.29, 1.82) is 0 Å². The van der Waals surface area contributed by atoms with E-state index in [-0.39, 0.29) is 33.9 Å². The van der Waals surface area contributed by atoms with Crippen LogP contribution in [0.5, 0.6) is 5.75 Å². The first-order valence-electron chi connectivity index (χ1n) is 9.04. The summed E-state index contributed by atoms with van der Waals surface area (Å²) in [4.78, 5) is 25.2. The van der Waals surface area contributed by atoms with E-state index < -0.39 is 27.8 Å². The van der Waals surface area contributed by atoms with Gasteiger partial charge in [0.05, 0.1) is 27.8 Å². The number of nitrogens with two attached hydrogens (primary N) is 1. The summed E-state index contributed by atoms with van der Waals surface area (Å²) in [6.45, 7) is 1.06. The van der Waals surface area contributed by atoms with Crippen molar-refractivity contribution in [3.63, 3.8) is 0 Å². The first kappa shape index (κ1) is 23.2. The summed E-state index contributed by atoms with van der Waals surface area (Å²) >= 11 is 6.54. The van der Waals surface area contributed by atoms with Crippen molar-refractivity contribution in [2.75, 3.05) is 18.0 Å². The van der Waals surface area contributed by atoms with Gasteiger partial charge in [0.2, 0.25) is 5.43 Å². The Morgan fingerprint density at radius 2 is 1.90 bits per heavy atom. The lowest BCUT2D eigenvalue weighted by molar-refractivity contribution is 0.143. The maximum absolute atomic E-state index is 14.8. The van der Waals surface area contributed by atoms with Gasteiger partial charge in [-0.25, -0.2) is 9.18 Å². The topological polar surface area (TPSA) is 172 Å². The van der Waals surface area contributed by atoms with Crippen LogP contribution in [0.4, 0.5) is 14.9 Å². The molecular formula is C17H19ClFN3O8S. The highest BCUT2D eigenvalue weighted by Gasteiger charge is 2.31. The molecule has 5 N–H and O–H groups in total. The fourth-order valence-corrected chi connectivity index (χ4v) is 3.90. The molecular weight excluding hydrogens is 461 g/mol. The first-order valence-corrected chi connectivity index (χ1v) is 10.8. The second kappa shape index (κ2) is 8.59. The van der Waals surface area contributed by atoms with Crippen molar-refractivity contribution >= 4 is 44.7 Å². The highest BCUT2D eigenvalue weighted by molar-refractivity contribution is 7.79. The summed E-state index contributed by atoms with van der Waals surface area (Å²) in [5.74, 6) is -0.994. The second-order valence-electron chi connectivity index (χ2n) is 7.19. The molecule has 0 radical (unpaired) electrons. The molecule has 0 spiro atoms. The van der Waals surface area contributed by atoms with Gasteiger partial charge in [-0.3, -0.25) is 13.9 Å². The van der Waals surface area contributed by atoms with Crippen LogP contribution in [-0.4, -0.2) is 52.5 Å². The van der Waals surface area contributed by atoms with Crippen molar-refractivity contribution in [2.24, 2.45) is 5.73 Å². The van der Waals surface area contributed by atoms with Crippen molar-refractivity contribution in [3.05, 3.63) is 33.3 Å². The molecule has 1 aromatic heterocycles. The number of halogens is 2. The van der Waals surface area contributed by atoms with Crippen LogP contribution in [0.2, 0.25) is 5.02 Å². The summed E-state index contributed by atoms with van der Waals surface area (Å²) in [5.41, 5.74) is 5.84. The van der Waals surface area contributed by atoms with Crippen molar-refractivity contribution in [3.8, 4) is 5.75 Å². The number of carboxylic acid groups (broad SMARTS) is 1. The summed E-state index contributed by atoms with van der Waals surface area (Å²) in [6.07, 6.45) is 2.21. The third-order valence-electron chi connectivity index (χ3n) is 4.83. The van der Waals surface area contributed by atoms with Gasteiger partial charge in [0.15, 0.2) is 5.75 Å². The average Bonchev–Trinajstić information content (AvgIpc) is 3.38. The van der Waals surface area contributed by atoms with Gasteiger partial charge in [-0.1, -0.05) is 11.6 Å². The monoisotopic (exact) mass is 479 g/mol. The Kier molecular flexibility index (Phi) is 6.43. The molecule has 1 atom stereocenters. The van der Waals surface area contributed by atoms with E-state index in [0.29, 0.717) is 18.6 Å². The maximum Gasteiger partial charge on any atom is 0.511 e. The van der Waals surface area contributed by atoms with Gasteiger partial charge in [0.1, 0.15) is 5.82 Å². The van der Waals surface area contributed by atoms with Crippen molar-refractivity contribution < 1.29 is 36.6 Å². The number of carbonyl (C=O) groups is 1. The molecule has 2 fully saturated rings. The van der Waals surface area contributed by atoms with E-state index in [2.05, 4.69) is 4.74 Å². The lowest BCUT2D eigenvalue weighted by Crippen LogP contribution is -2.27. The van der Waals surface area contributed by atoms with Crippen LogP contribution in [-0.2, 0) is 10.4 Å². The normalized spacial score (nSPS) is 18.6. The van der Waals surface area contributed by atoms with E-state index >= 15 is 0 Å². The lowest BCUT2D eigenvalue weighted by Gasteiger charge is -2.23. The zero-order valence-electron chi connectivity index (χ0n) is 15.9. The largest absolute Gasteiger partial charge is 0.511 e. The van der Waals surface area contributed by atoms with Gasteiger partial charge in [-0.15, -0.1) is 0 Å². The van der Waals surface area contributed by atoms with E-state index in [1.807, 2.05) is 0 Å². The molecule has 2 heterocycles. The van der Waals surface area contributed by atoms with Gasteiger partial charge in [-0.05, 0) is 25.3 Å². The maximum atomic E-state index is 14.8. The number of pyridine rings is 1. The SMILES string of the molecule is NC1CCN(c2c(F)cc3c(=O)c(OC(=O)O)cn(C4CC4)c3c2Cl)C1.O=S(=O)(O)O. The van der Waals surface area contributed by atoms with E-state index in [0.717, 1.165) is 25.3 Å². The Bertz CT molecular complexity index is 1190. The number of benzene rings is 1. The number of ether oxygens (including phenoxy) is 1. The summed E-state index contributed by atoms with van der Waals surface area (Å²) in [5, 5.41) is 8.99. The van der Waals surface area contributed by atoms with Crippen LogP contribution < -0.4 is 20.8 Å². The van der Waals surface area contributed by atoms with Crippen LogP contribution in [0.3, 0.4) is 0 Å². The molecule has 14 heteroatoms. The van der Waals surface area contributed by atoms with Crippen molar-refractivity contribution in [1.82, 2.24) is 4.57 Å². The predicted octanol–water partition coefficient (Wildman–Crippen LogP) is 2.07. The quantitative estimate of drug-likeness (QED) is 0.377. The highest BCUT2D eigenvalue weighted by atomic mass is 35.5. The highest BCUT2D eigenvalue weighted by Crippen LogP contribution is 2.43. The van der Waals surface area contributed by atoms with E-state index in [9.17, 15) is 14.0 Å². The Labute approximate surface area is 180 Å². The van der Waals surface area contributed by atoms with Gasteiger partial charge < -0.3 is 25.0 Å². The van der Waals surface area contributed by atoms with Crippen LogP contribution in [0.15, 0.2) is 17.1 Å². The Hall–Kier alpha value is -2.45. The molecule has 170 valence electrons. The van der Waals surface area contributed by atoms with Gasteiger partial charge in [0.25, 0.3) is 0 Å². The Morgan fingerprint density at radius 1 is 1.29 bits per heavy atom. The molecule has 0 bridgehead atoms. The minimum Gasteiger partial charge on any atom is -0.449 e. The number of hydrogen-bond donors (Lipinski definition) is 4. The second-order valence-corrected chi connectivity index (χ2v) is 8.46. The zero-order chi connectivity index (χ0) is 23.1. The Morgan fingerprint density at radius 3 is 2.39 bits per heavy atom. The standard InChI is InChI=1S/C17H17ClFN3O4.H2O4S/c18-13-14-10(5-11(19)15(13)21-4-3-8(20)6-21)16(23)12(26-17(24)25)7-22(14)9-1-2-9;1-5(2,3)4/h5,7-9H,1-4,6,20H2,(H,24,25);(H2,1,2,3,4). The number of fused-ring (bicyclic) bond motifs is 1. The zero-order valence-corrected chi connectivity index (χ0v) is 17.4. The molecule has 1 saturated carbocycles. The molecule has 1 unspecified atom stereocenters. The molecule has 2 aliphatic rings. The number of nitrogens with zero attached hydrogens (tertiary/aromatic N) is 2. The average molecular weight is 480 g/mol. The fourth-order valence-electron chi connectivity index (χ4n) is 3.49. The molecule has 11 nitrogen and oxygen atoms in total. The van der Waals surface area contributed by atoms with Crippen LogP contribution >= 0.6 is 11.6 Å². The smallest absolute Gasteiger partial charge is 0.449 e. The van der Waals surface area contributed by atoms with Gasteiger partial charge >= 0.3 is 16.6 Å². The van der Waals surface area contributed by atoms with E-state index in [1.165, 1.54) is 6.20 Å². The predicted molar refractivity (Wildman–Crippen MR) is 109 cm³/mol. The number of hydrogen-bond acceptors (Lipinski definition) is 7. The number of anilines is 1. The van der Waals surface area contributed by atoms with Crippen LogP contribution in [0.25, 0.3) is 10.9 Å².